The van der Waals surface area contributed by atoms with Gasteiger partial charge in [0.05, 0.1) is 0 Å². The van der Waals surface area contributed by atoms with Crippen molar-refractivity contribution >= 4 is 15.9 Å². The summed E-state index contributed by atoms with van der Waals surface area (Å²) < 4.78 is 11.9. The number of nitrogens with two attached hydrogens (primary N) is 1. The summed E-state index contributed by atoms with van der Waals surface area (Å²) in [7, 11) is 0. The molecule has 0 aromatic heterocycles. The zero-order chi connectivity index (χ0) is 11.1. The molecule has 0 amide bonds. The van der Waals surface area contributed by atoms with Crippen LogP contribution in [0.1, 0.15) is 6.92 Å². The highest BCUT2D eigenvalue weighted by Gasteiger charge is 2.06. The van der Waals surface area contributed by atoms with Gasteiger partial charge in [-0.3, -0.25) is 0 Å². The maximum atomic E-state index is 5.56. The highest BCUT2D eigenvalue weighted by Crippen LogP contribution is 2.17. The second kappa shape index (κ2) is 6.82. The van der Waals surface area contributed by atoms with Crippen LogP contribution < -0.4 is 10.5 Å². The largest absolute Gasteiger partial charge is 0.491 e. The van der Waals surface area contributed by atoms with Gasteiger partial charge in [0, 0.05) is 17.6 Å². The highest BCUT2D eigenvalue weighted by molar-refractivity contribution is 9.10. The Balaban J connectivity index is 2.41. The van der Waals surface area contributed by atoms with Crippen LogP contribution in [0.4, 0.5) is 0 Å². The first-order valence-electron chi connectivity index (χ1n) is 4.96. The topological polar surface area (TPSA) is 44.5 Å². The van der Waals surface area contributed by atoms with Crippen molar-refractivity contribution in [2.24, 2.45) is 5.73 Å². The molecule has 0 saturated heterocycles. The van der Waals surface area contributed by atoms with Crippen molar-refractivity contribution in [2.45, 2.75) is 13.0 Å². The fourth-order valence-electron chi connectivity index (χ4n) is 1.17. The summed E-state index contributed by atoms with van der Waals surface area (Å²) in [5.41, 5.74) is 5.54. The SMILES string of the molecule is CCOC(CN)COc1cccc(Br)c1. The van der Waals surface area contributed by atoms with E-state index in [0.29, 0.717) is 19.8 Å². The summed E-state index contributed by atoms with van der Waals surface area (Å²) in [4.78, 5) is 0. The molecule has 1 unspecified atom stereocenters. The summed E-state index contributed by atoms with van der Waals surface area (Å²) in [5.74, 6) is 0.822. The minimum absolute atomic E-state index is 0.0334. The van der Waals surface area contributed by atoms with E-state index in [1.165, 1.54) is 0 Å². The van der Waals surface area contributed by atoms with Crippen LogP contribution in [0.15, 0.2) is 28.7 Å². The third-order valence-corrected chi connectivity index (χ3v) is 2.39. The van der Waals surface area contributed by atoms with Crippen LogP contribution in [-0.2, 0) is 4.74 Å². The van der Waals surface area contributed by atoms with Crippen LogP contribution in [-0.4, -0.2) is 25.9 Å². The van der Waals surface area contributed by atoms with Gasteiger partial charge in [-0.1, -0.05) is 22.0 Å². The lowest BCUT2D eigenvalue weighted by Crippen LogP contribution is -2.30. The van der Waals surface area contributed by atoms with Gasteiger partial charge in [-0.05, 0) is 25.1 Å². The standard InChI is InChI=1S/C11H16BrNO2/c1-2-14-11(7-13)8-15-10-5-3-4-9(12)6-10/h3-6,11H,2,7-8,13H2,1H3. The number of hydrogen-bond acceptors (Lipinski definition) is 3. The van der Waals surface area contributed by atoms with E-state index in [1.54, 1.807) is 0 Å². The Morgan fingerprint density at radius 2 is 2.27 bits per heavy atom. The molecule has 0 saturated carbocycles. The number of rotatable bonds is 6. The van der Waals surface area contributed by atoms with Crippen LogP contribution in [0, 0.1) is 0 Å². The molecular weight excluding hydrogens is 258 g/mol. The first-order chi connectivity index (χ1) is 7.26. The summed E-state index contributed by atoms with van der Waals surface area (Å²) in [6.07, 6.45) is -0.0334. The van der Waals surface area contributed by atoms with Crippen LogP contribution in [0.25, 0.3) is 0 Å². The van der Waals surface area contributed by atoms with Gasteiger partial charge in [0.1, 0.15) is 18.5 Å². The van der Waals surface area contributed by atoms with E-state index < -0.39 is 0 Å². The third-order valence-electron chi connectivity index (χ3n) is 1.90. The first kappa shape index (κ1) is 12.5. The maximum Gasteiger partial charge on any atom is 0.120 e. The van der Waals surface area contributed by atoms with E-state index in [-0.39, 0.29) is 6.10 Å². The molecule has 2 N–H and O–H groups in total. The fourth-order valence-corrected chi connectivity index (χ4v) is 1.54. The van der Waals surface area contributed by atoms with Crippen molar-refractivity contribution in [1.82, 2.24) is 0 Å². The minimum Gasteiger partial charge on any atom is -0.491 e. The molecule has 1 atom stereocenters. The maximum absolute atomic E-state index is 5.56. The van der Waals surface area contributed by atoms with E-state index >= 15 is 0 Å². The van der Waals surface area contributed by atoms with Crippen molar-refractivity contribution in [1.29, 1.82) is 0 Å². The summed E-state index contributed by atoms with van der Waals surface area (Å²) in [6, 6.07) is 7.71. The van der Waals surface area contributed by atoms with E-state index in [9.17, 15) is 0 Å². The molecule has 0 spiro atoms. The van der Waals surface area contributed by atoms with E-state index in [0.717, 1.165) is 10.2 Å². The van der Waals surface area contributed by atoms with E-state index in [2.05, 4.69) is 15.9 Å². The van der Waals surface area contributed by atoms with Crippen molar-refractivity contribution in [3.63, 3.8) is 0 Å². The first-order valence-corrected chi connectivity index (χ1v) is 5.75. The van der Waals surface area contributed by atoms with Gasteiger partial charge in [-0.15, -0.1) is 0 Å². The lowest BCUT2D eigenvalue weighted by molar-refractivity contribution is 0.0337. The Labute approximate surface area is 98.7 Å². The number of benzene rings is 1. The summed E-state index contributed by atoms with van der Waals surface area (Å²) in [5, 5.41) is 0. The van der Waals surface area contributed by atoms with Gasteiger partial charge in [0.2, 0.25) is 0 Å². The highest BCUT2D eigenvalue weighted by atomic mass is 79.9. The minimum atomic E-state index is -0.0334. The molecule has 4 heteroatoms. The molecule has 0 radical (unpaired) electrons. The Morgan fingerprint density at radius 1 is 1.47 bits per heavy atom. The molecule has 0 bridgehead atoms. The second-order valence-electron chi connectivity index (χ2n) is 3.08. The average molecular weight is 274 g/mol. The molecule has 0 fully saturated rings. The lowest BCUT2D eigenvalue weighted by Gasteiger charge is -2.15. The molecule has 15 heavy (non-hydrogen) atoms. The van der Waals surface area contributed by atoms with Crippen molar-refractivity contribution in [3.05, 3.63) is 28.7 Å². The van der Waals surface area contributed by atoms with Crippen LogP contribution >= 0.6 is 15.9 Å². The van der Waals surface area contributed by atoms with Crippen LogP contribution in [0.2, 0.25) is 0 Å². The predicted octanol–water partition coefficient (Wildman–Crippen LogP) is 2.19. The Hall–Kier alpha value is -0.580. The van der Waals surface area contributed by atoms with Gasteiger partial charge in [-0.2, -0.15) is 0 Å². The normalized spacial score (nSPS) is 12.5. The van der Waals surface area contributed by atoms with Crippen molar-refractivity contribution < 1.29 is 9.47 Å². The van der Waals surface area contributed by atoms with Gasteiger partial charge in [-0.25, -0.2) is 0 Å². The van der Waals surface area contributed by atoms with E-state index in [1.807, 2.05) is 31.2 Å². The lowest BCUT2D eigenvalue weighted by atomic mass is 10.3. The Kier molecular flexibility index (Phi) is 5.68. The zero-order valence-corrected chi connectivity index (χ0v) is 10.4. The average Bonchev–Trinajstić information content (AvgIpc) is 2.24. The van der Waals surface area contributed by atoms with Crippen molar-refractivity contribution in [2.75, 3.05) is 19.8 Å². The van der Waals surface area contributed by atoms with E-state index in [4.69, 9.17) is 15.2 Å². The van der Waals surface area contributed by atoms with Crippen molar-refractivity contribution in [3.8, 4) is 5.75 Å². The number of hydrogen-bond donors (Lipinski definition) is 1. The Morgan fingerprint density at radius 3 is 2.87 bits per heavy atom. The monoisotopic (exact) mass is 273 g/mol. The molecule has 84 valence electrons. The molecule has 0 aliphatic carbocycles. The summed E-state index contributed by atoms with van der Waals surface area (Å²) >= 11 is 3.38. The quantitative estimate of drug-likeness (QED) is 0.864. The van der Waals surface area contributed by atoms with Gasteiger partial charge >= 0.3 is 0 Å². The molecular formula is C11H16BrNO2. The molecule has 0 aliphatic rings. The third kappa shape index (κ3) is 4.64. The van der Waals surface area contributed by atoms with Gasteiger partial charge in [0.15, 0.2) is 0 Å². The summed E-state index contributed by atoms with van der Waals surface area (Å²) in [6.45, 7) is 3.56. The van der Waals surface area contributed by atoms with Crippen LogP contribution in [0.3, 0.4) is 0 Å². The smallest absolute Gasteiger partial charge is 0.120 e. The molecule has 0 heterocycles. The fraction of sp³-hybridized carbons (Fsp3) is 0.455. The zero-order valence-electron chi connectivity index (χ0n) is 8.78. The second-order valence-corrected chi connectivity index (χ2v) is 4.00. The van der Waals surface area contributed by atoms with Crippen LogP contribution in [0.5, 0.6) is 5.75 Å². The predicted molar refractivity (Wildman–Crippen MR) is 64.1 cm³/mol. The molecule has 0 aliphatic heterocycles. The molecule has 1 aromatic carbocycles. The van der Waals surface area contributed by atoms with Gasteiger partial charge in [0.25, 0.3) is 0 Å². The Bertz CT molecular complexity index is 294. The van der Waals surface area contributed by atoms with Gasteiger partial charge < -0.3 is 15.2 Å². The molecule has 1 aromatic rings. The molecule has 3 nitrogen and oxygen atoms in total. The number of ether oxygens (including phenoxy) is 2. The molecule has 1 rings (SSSR count). The number of halogens is 1.